The summed E-state index contributed by atoms with van der Waals surface area (Å²) in [5.74, 6) is -1.88. The van der Waals surface area contributed by atoms with Crippen LogP contribution in [0.2, 0.25) is 0 Å². The number of aliphatic hydroxyl groups is 1. The normalized spacial score (nSPS) is 34.3. The second-order valence-corrected chi connectivity index (χ2v) is 6.93. The molecule has 1 aliphatic carbocycles. The third-order valence-electron chi connectivity index (χ3n) is 4.66. The summed E-state index contributed by atoms with van der Waals surface area (Å²) in [6.07, 6.45) is 3.59. The second kappa shape index (κ2) is 7.78. The molecule has 1 amide bonds. The van der Waals surface area contributed by atoms with Crippen molar-refractivity contribution >= 4 is 18.2 Å². The summed E-state index contributed by atoms with van der Waals surface area (Å²) in [7, 11) is 0. The first-order valence-corrected chi connectivity index (χ1v) is 8.47. The molecule has 0 spiro atoms. The third kappa shape index (κ3) is 4.07. The van der Waals surface area contributed by atoms with Crippen LogP contribution in [-0.4, -0.2) is 41.5 Å². The molecule has 0 saturated carbocycles. The molecule has 0 aromatic heterocycles. The number of aliphatic hydroxyl groups excluding tert-OH is 1. The summed E-state index contributed by atoms with van der Waals surface area (Å²) < 4.78 is 5.32. The van der Waals surface area contributed by atoms with Crippen molar-refractivity contribution in [3.05, 3.63) is 35.5 Å². The van der Waals surface area contributed by atoms with E-state index in [1.165, 1.54) is 0 Å². The van der Waals surface area contributed by atoms with Crippen molar-refractivity contribution in [1.82, 2.24) is 5.32 Å². The summed E-state index contributed by atoms with van der Waals surface area (Å²) >= 11 is 0. The van der Waals surface area contributed by atoms with Gasteiger partial charge in [-0.15, -0.1) is 0 Å². The SMILES string of the molecule is C=C1C(=O)O[C@@H]2/C=C(/C)CC/C=C(\C=O)[C@H](NC(=O)C(C)C)[C@@H](O)[C@@H]12. The molecule has 1 heterocycles. The van der Waals surface area contributed by atoms with Gasteiger partial charge < -0.3 is 15.2 Å². The van der Waals surface area contributed by atoms with E-state index in [1.54, 1.807) is 19.9 Å². The number of esters is 1. The molecule has 0 bridgehead atoms. The van der Waals surface area contributed by atoms with Gasteiger partial charge in [0.1, 0.15) is 12.4 Å². The second-order valence-electron chi connectivity index (χ2n) is 6.93. The molecule has 0 unspecified atom stereocenters. The van der Waals surface area contributed by atoms with Gasteiger partial charge in [0.2, 0.25) is 5.91 Å². The van der Waals surface area contributed by atoms with Gasteiger partial charge in [-0.25, -0.2) is 4.79 Å². The number of nitrogens with one attached hydrogen (secondary N) is 1. The van der Waals surface area contributed by atoms with Gasteiger partial charge in [-0.3, -0.25) is 9.59 Å². The van der Waals surface area contributed by atoms with Gasteiger partial charge in [-0.2, -0.15) is 0 Å². The Morgan fingerprint density at radius 1 is 1.48 bits per heavy atom. The minimum Gasteiger partial charge on any atom is -0.454 e. The number of fused-ring (bicyclic) bond motifs is 1. The molecule has 0 radical (unpaired) electrons. The molecule has 25 heavy (non-hydrogen) atoms. The molecular formula is C19H25NO5. The molecule has 2 aliphatic rings. The standard InChI is InChI=1S/C19H25NO5/c1-10(2)18(23)20-16-13(9-21)7-5-6-11(3)8-14-15(17(16)22)12(4)19(24)25-14/h7-10,14-17,22H,4-6H2,1-3H3,(H,20,23)/b11-8-,13-7+/t14-,15+,16+,17+/m1/s1. The number of hydrogen-bond acceptors (Lipinski definition) is 5. The van der Waals surface area contributed by atoms with Crippen molar-refractivity contribution in [1.29, 1.82) is 0 Å². The maximum atomic E-state index is 12.2. The monoisotopic (exact) mass is 347 g/mol. The van der Waals surface area contributed by atoms with Gasteiger partial charge in [0, 0.05) is 17.1 Å². The van der Waals surface area contributed by atoms with Crippen molar-refractivity contribution in [2.24, 2.45) is 11.8 Å². The Morgan fingerprint density at radius 2 is 2.16 bits per heavy atom. The fourth-order valence-electron chi connectivity index (χ4n) is 3.12. The molecule has 0 aromatic rings. The number of carbonyl (C=O) groups excluding carboxylic acids is 3. The topological polar surface area (TPSA) is 92.7 Å². The fraction of sp³-hybridized carbons (Fsp3) is 0.526. The molecular weight excluding hydrogens is 322 g/mol. The fourth-order valence-corrected chi connectivity index (χ4v) is 3.12. The number of aldehydes is 1. The number of hydrogen-bond donors (Lipinski definition) is 2. The number of ether oxygens (including phenoxy) is 1. The van der Waals surface area contributed by atoms with Crippen LogP contribution in [0.25, 0.3) is 0 Å². The number of carbonyl (C=O) groups is 3. The highest BCUT2D eigenvalue weighted by molar-refractivity contribution is 5.91. The highest BCUT2D eigenvalue weighted by Gasteiger charge is 2.45. The predicted molar refractivity (Wildman–Crippen MR) is 92.4 cm³/mol. The lowest BCUT2D eigenvalue weighted by molar-refractivity contribution is -0.138. The Kier molecular flexibility index (Phi) is 5.95. The molecule has 4 atom stereocenters. The van der Waals surface area contributed by atoms with Crippen LogP contribution in [0.1, 0.15) is 33.6 Å². The van der Waals surface area contributed by atoms with E-state index in [4.69, 9.17) is 4.74 Å². The maximum Gasteiger partial charge on any atom is 0.334 e. The van der Waals surface area contributed by atoms with Crippen molar-refractivity contribution in [2.75, 3.05) is 0 Å². The van der Waals surface area contributed by atoms with E-state index in [0.29, 0.717) is 24.7 Å². The minimum atomic E-state index is -1.20. The summed E-state index contributed by atoms with van der Waals surface area (Å²) in [5.41, 5.74) is 1.44. The first-order chi connectivity index (χ1) is 11.8. The van der Waals surface area contributed by atoms with E-state index in [2.05, 4.69) is 11.9 Å². The zero-order valence-corrected chi connectivity index (χ0v) is 14.8. The van der Waals surface area contributed by atoms with E-state index in [-0.39, 0.29) is 17.4 Å². The summed E-state index contributed by atoms with van der Waals surface area (Å²) in [6, 6.07) is -0.919. The Morgan fingerprint density at radius 3 is 2.76 bits per heavy atom. The summed E-state index contributed by atoms with van der Waals surface area (Å²) in [4.78, 5) is 35.7. The van der Waals surface area contributed by atoms with Crippen molar-refractivity contribution in [3.8, 4) is 0 Å². The van der Waals surface area contributed by atoms with Crippen molar-refractivity contribution in [2.45, 2.75) is 51.9 Å². The van der Waals surface area contributed by atoms with Gasteiger partial charge >= 0.3 is 5.97 Å². The quantitative estimate of drug-likeness (QED) is 0.349. The molecule has 1 fully saturated rings. The number of rotatable bonds is 3. The zero-order chi connectivity index (χ0) is 18.7. The molecule has 6 nitrogen and oxygen atoms in total. The lowest BCUT2D eigenvalue weighted by Gasteiger charge is -2.31. The van der Waals surface area contributed by atoms with E-state index in [1.807, 2.05) is 13.0 Å². The van der Waals surface area contributed by atoms with E-state index in [0.717, 1.165) is 5.57 Å². The van der Waals surface area contributed by atoms with Gasteiger partial charge in [0.15, 0.2) is 0 Å². The Bertz CT molecular complexity index is 646. The first-order valence-electron chi connectivity index (χ1n) is 8.47. The zero-order valence-electron chi connectivity index (χ0n) is 14.8. The Balaban J connectivity index is 2.46. The first kappa shape index (κ1) is 19.1. The van der Waals surface area contributed by atoms with Gasteiger partial charge in [0.25, 0.3) is 0 Å². The lowest BCUT2D eigenvalue weighted by atomic mass is 9.82. The lowest BCUT2D eigenvalue weighted by Crippen LogP contribution is -2.51. The third-order valence-corrected chi connectivity index (χ3v) is 4.66. The van der Waals surface area contributed by atoms with Crippen LogP contribution in [0.5, 0.6) is 0 Å². The molecule has 6 heteroatoms. The molecule has 2 rings (SSSR count). The average molecular weight is 347 g/mol. The Labute approximate surface area is 147 Å². The van der Waals surface area contributed by atoms with Gasteiger partial charge in [-0.1, -0.05) is 32.1 Å². The van der Waals surface area contributed by atoms with Crippen LogP contribution in [0.4, 0.5) is 0 Å². The van der Waals surface area contributed by atoms with Crippen molar-refractivity contribution in [3.63, 3.8) is 0 Å². The Hall–Kier alpha value is -2.21. The van der Waals surface area contributed by atoms with Crippen LogP contribution >= 0.6 is 0 Å². The van der Waals surface area contributed by atoms with Crippen LogP contribution in [0.15, 0.2) is 35.5 Å². The highest BCUT2D eigenvalue weighted by Crippen LogP contribution is 2.34. The number of allylic oxidation sites excluding steroid dienone is 2. The maximum absolute atomic E-state index is 12.2. The van der Waals surface area contributed by atoms with Crippen LogP contribution in [0, 0.1) is 11.8 Å². The molecule has 136 valence electrons. The van der Waals surface area contributed by atoms with E-state index >= 15 is 0 Å². The number of amides is 1. The van der Waals surface area contributed by atoms with Gasteiger partial charge in [-0.05, 0) is 25.8 Å². The van der Waals surface area contributed by atoms with Crippen molar-refractivity contribution < 1.29 is 24.2 Å². The van der Waals surface area contributed by atoms with Crippen LogP contribution in [0.3, 0.4) is 0 Å². The summed E-state index contributed by atoms with van der Waals surface area (Å²) in [6.45, 7) is 9.09. The minimum absolute atomic E-state index is 0.149. The highest BCUT2D eigenvalue weighted by atomic mass is 16.6. The molecule has 2 N–H and O–H groups in total. The van der Waals surface area contributed by atoms with E-state index in [9.17, 15) is 19.5 Å². The molecule has 1 aliphatic heterocycles. The smallest absolute Gasteiger partial charge is 0.334 e. The molecule has 1 saturated heterocycles. The summed E-state index contributed by atoms with van der Waals surface area (Å²) in [5, 5.41) is 13.7. The average Bonchev–Trinajstić information content (AvgIpc) is 2.82. The molecule has 0 aromatic carbocycles. The largest absolute Gasteiger partial charge is 0.454 e. The predicted octanol–water partition coefficient (Wildman–Crippen LogP) is 1.45. The van der Waals surface area contributed by atoms with Crippen LogP contribution in [-0.2, 0) is 19.1 Å². The van der Waals surface area contributed by atoms with Crippen LogP contribution < -0.4 is 5.32 Å². The van der Waals surface area contributed by atoms with E-state index < -0.39 is 30.1 Å². The van der Waals surface area contributed by atoms with Gasteiger partial charge in [0.05, 0.1) is 18.1 Å².